The zero-order valence-corrected chi connectivity index (χ0v) is 18.8. The Morgan fingerprint density at radius 2 is 1.82 bits per heavy atom. The molecule has 1 aliphatic rings. The minimum atomic E-state index is -0.162. The highest BCUT2D eigenvalue weighted by Crippen LogP contribution is 2.29. The molecule has 8 nitrogen and oxygen atoms in total. The number of hydrogen-bond donors (Lipinski definition) is 0. The third-order valence-corrected chi connectivity index (χ3v) is 6.33. The summed E-state index contributed by atoms with van der Waals surface area (Å²) < 4.78 is 3.42. The number of aromatic nitrogens is 6. The highest BCUT2D eigenvalue weighted by atomic mass is 16.1. The van der Waals surface area contributed by atoms with E-state index in [4.69, 9.17) is 4.98 Å². The molecule has 0 saturated carbocycles. The van der Waals surface area contributed by atoms with E-state index >= 15 is 0 Å². The fourth-order valence-electron chi connectivity index (χ4n) is 4.67. The maximum Gasteiger partial charge on any atom is 0.274 e. The zero-order chi connectivity index (χ0) is 22.7. The molecule has 0 amide bonds. The van der Waals surface area contributed by atoms with Crippen molar-refractivity contribution in [1.29, 1.82) is 0 Å². The summed E-state index contributed by atoms with van der Waals surface area (Å²) in [7, 11) is 0. The summed E-state index contributed by atoms with van der Waals surface area (Å²) in [6, 6.07) is 7.77. The van der Waals surface area contributed by atoms with Gasteiger partial charge in [0.2, 0.25) is 0 Å². The van der Waals surface area contributed by atoms with Gasteiger partial charge in [-0.25, -0.2) is 9.97 Å². The van der Waals surface area contributed by atoms with E-state index < -0.39 is 0 Å². The Morgan fingerprint density at radius 3 is 2.70 bits per heavy atom. The monoisotopic (exact) mass is 437 g/mol. The second-order valence-corrected chi connectivity index (χ2v) is 8.72. The van der Waals surface area contributed by atoms with Gasteiger partial charge in [-0.2, -0.15) is 4.52 Å². The molecule has 33 heavy (non-hydrogen) atoms. The Bertz CT molecular complexity index is 1620. The number of rotatable bonds is 2. The molecule has 164 valence electrons. The van der Waals surface area contributed by atoms with Crippen molar-refractivity contribution < 1.29 is 0 Å². The van der Waals surface area contributed by atoms with Crippen LogP contribution in [0.3, 0.4) is 0 Å². The lowest BCUT2D eigenvalue weighted by Gasteiger charge is -2.30. The number of fused-ring (bicyclic) bond motifs is 3. The third-order valence-electron chi connectivity index (χ3n) is 6.33. The molecule has 0 saturated heterocycles. The van der Waals surface area contributed by atoms with E-state index in [9.17, 15) is 4.79 Å². The molecule has 5 aromatic heterocycles. The Kier molecular flexibility index (Phi) is 4.29. The molecule has 5 aromatic rings. The fourth-order valence-corrected chi connectivity index (χ4v) is 4.67. The van der Waals surface area contributed by atoms with Crippen molar-refractivity contribution in [2.45, 2.75) is 33.7 Å². The highest BCUT2D eigenvalue weighted by molar-refractivity contribution is 5.69. The lowest BCUT2D eigenvalue weighted by atomic mass is 9.98. The van der Waals surface area contributed by atoms with E-state index in [-0.39, 0.29) is 5.56 Å². The number of aryl methyl sites for hydroxylation is 3. The zero-order valence-electron chi connectivity index (χ0n) is 18.8. The quantitative estimate of drug-likeness (QED) is 0.422. The summed E-state index contributed by atoms with van der Waals surface area (Å²) in [6.07, 6.45) is 8.67. The predicted molar refractivity (Wildman–Crippen MR) is 127 cm³/mol. The molecule has 8 heteroatoms. The van der Waals surface area contributed by atoms with Crippen molar-refractivity contribution in [2.75, 3.05) is 11.4 Å². The molecular weight excluding hydrogens is 414 g/mol. The largest absolute Gasteiger partial charge is 0.350 e. The minimum absolute atomic E-state index is 0.162. The Labute approximate surface area is 190 Å². The van der Waals surface area contributed by atoms with E-state index in [0.717, 1.165) is 52.4 Å². The van der Waals surface area contributed by atoms with Gasteiger partial charge in [-0.1, -0.05) is 0 Å². The molecule has 0 N–H and O–H groups in total. The number of nitrogens with zero attached hydrogens (tertiary/aromatic N) is 7. The van der Waals surface area contributed by atoms with Crippen LogP contribution >= 0.6 is 0 Å². The first-order valence-electron chi connectivity index (χ1n) is 11.0. The predicted octanol–water partition coefficient (Wildman–Crippen LogP) is 3.29. The van der Waals surface area contributed by atoms with Gasteiger partial charge >= 0.3 is 0 Å². The lowest BCUT2D eigenvalue weighted by Crippen LogP contribution is -2.33. The van der Waals surface area contributed by atoms with Gasteiger partial charge in [-0.3, -0.25) is 9.78 Å². The summed E-state index contributed by atoms with van der Waals surface area (Å²) >= 11 is 0. The van der Waals surface area contributed by atoms with Gasteiger partial charge < -0.3 is 9.30 Å². The van der Waals surface area contributed by atoms with Crippen molar-refractivity contribution >= 4 is 17.1 Å². The number of anilines is 1. The smallest absolute Gasteiger partial charge is 0.274 e. The minimum Gasteiger partial charge on any atom is -0.350 e. The van der Waals surface area contributed by atoms with Crippen LogP contribution in [0.25, 0.3) is 22.4 Å². The maximum absolute atomic E-state index is 12.5. The summed E-state index contributed by atoms with van der Waals surface area (Å²) in [6.45, 7) is 7.43. The maximum atomic E-state index is 12.5. The van der Waals surface area contributed by atoms with Gasteiger partial charge in [0.25, 0.3) is 5.56 Å². The van der Waals surface area contributed by atoms with Crippen LogP contribution in [0.1, 0.15) is 28.1 Å². The van der Waals surface area contributed by atoms with Gasteiger partial charge in [-0.15, -0.1) is 5.10 Å². The average Bonchev–Trinajstić information content (AvgIpc) is 3.24. The van der Waals surface area contributed by atoms with Crippen LogP contribution < -0.4 is 10.5 Å². The van der Waals surface area contributed by atoms with Crippen molar-refractivity contribution in [1.82, 2.24) is 29.0 Å². The van der Waals surface area contributed by atoms with Gasteiger partial charge in [0.05, 0.1) is 0 Å². The summed E-state index contributed by atoms with van der Waals surface area (Å²) in [5.74, 6) is 0.808. The van der Waals surface area contributed by atoms with Gasteiger partial charge in [-0.05, 0) is 55.7 Å². The third kappa shape index (κ3) is 3.26. The number of hydrogen-bond acceptors (Lipinski definition) is 6. The molecule has 0 unspecified atom stereocenters. The van der Waals surface area contributed by atoms with Gasteiger partial charge in [0.1, 0.15) is 5.65 Å². The van der Waals surface area contributed by atoms with Crippen LogP contribution in [0.5, 0.6) is 0 Å². The molecule has 1 aliphatic heterocycles. The van der Waals surface area contributed by atoms with Crippen LogP contribution in [-0.4, -0.2) is 35.5 Å². The van der Waals surface area contributed by atoms with Crippen LogP contribution in [0.4, 0.5) is 5.82 Å². The number of pyridine rings is 2. The normalized spacial score (nSPS) is 13.6. The first kappa shape index (κ1) is 19.6. The highest BCUT2D eigenvalue weighted by Gasteiger charge is 2.22. The summed E-state index contributed by atoms with van der Waals surface area (Å²) in [4.78, 5) is 28.3. The van der Waals surface area contributed by atoms with Crippen LogP contribution in [0, 0.1) is 20.8 Å². The van der Waals surface area contributed by atoms with E-state index in [0.29, 0.717) is 17.9 Å². The Morgan fingerprint density at radius 1 is 0.970 bits per heavy atom. The topological polar surface area (TPSA) is 80.7 Å². The van der Waals surface area contributed by atoms with Crippen LogP contribution in [-0.2, 0) is 13.0 Å². The van der Waals surface area contributed by atoms with E-state index in [1.165, 1.54) is 16.1 Å². The van der Waals surface area contributed by atoms with Crippen LogP contribution in [0.15, 0.2) is 53.8 Å². The van der Waals surface area contributed by atoms with Crippen molar-refractivity contribution in [3.8, 4) is 11.1 Å². The molecule has 0 radical (unpaired) electrons. The second-order valence-electron chi connectivity index (χ2n) is 8.72. The fraction of sp³-hybridized carbons (Fsp3) is 0.240. The average molecular weight is 438 g/mol. The lowest BCUT2D eigenvalue weighted by molar-refractivity contribution is 0.685. The first-order valence-corrected chi connectivity index (χ1v) is 11.0. The van der Waals surface area contributed by atoms with E-state index in [2.05, 4.69) is 45.2 Å². The molecule has 6 rings (SSSR count). The van der Waals surface area contributed by atoms with E-state index in [1.54, 1.807) is 0 Å². The number of imidazole rings is 1. The molecule has 0 atom stereocenters. The van der Waals surface area contributed by atoms with Gasteiger partial charge in [0.15, 0.2) is 11.5 Å². The van der Waals surface area contributed by atoms with Crippen molar-refractivity contribution in [3.63, 3.8) is 0 Å². The second kappa shape index (κ2) is 7.23. The SMILES string of the molecule is Cc1cc(=O)n2nc(N3CCc4ncc(-c5cn6ccnc6cc5C)cc4C3)c(C)cc2n1. The standard InChI is InChI=1S/C25H23N7O/c1-15-8-22-26-5-7-30(22)14-20(15)18-11-19-13-31(6-4-21(19)27-12-18)25-16(2)9-23-28-17(3)10-24(33)32(23)29-25/h5,7-12,14H,4,6,13H2,1-3H3. The molecular formula is C25H23N7O. The molecule has 0 aromatic carbocycles. The van der Waals surface area contributed by atoms with Crippen molar-refractivity contribution in [3.05, 3.63) is 87.5 Å². The summed E-state index contributed by atoms with van der Waals surface area (Å²) in [5.41, 5.74) is 8.74. The van der Waals surface area contributed by atoms with Gasteiger partial charge in [0, 0.05) is 72.9 Å². The molecule has 6 heterocycles. The Hall–Kier alpha value is -4.07. The molecule has 0 spiro atoms. The van der Waals surface area contributed by atoms with Crippen LogP contribution in [0.2, 0.25) is 0 Å². The molecule has 0 aliphatic carbocycles. The summed E-state index contributed by atoms with van der Waals surface area (Å²) in [5, 5.41) is 4.67. The van der Waals surface area contributed by atoms with E-state index in [1.807, 2.05) is 42.9 Å². The molecule has 0 fully saturated rings. The van der Waals surface area contributed by atoms with Crippen molar-refractivity contribution in [2.24, 2.45) is 0 Å². The Balaban J connectivity index is 1.39. The molecule has 0 bridgehead atoms. The first-order chi connectivity index (χ1) is 16.0.